The average Bonchev–Trinajstić information content (AvgIpc) is 2.59. The van der Waals surface area contributed by atoms with E-state index in [1.807, 2.05) is 12.1 Å². The van der Waals surface area contributed by atoms with Crippen molar-refractivity contribution in [1.29, 1.82) is 0 Å². The van der Waals surface area contributed by atoms with Crippen LogP contribution in [0.15, 0.2) is 48.5 Å². The Morgan fingerprint density at radius 2 is 1.48 bits per heavy atom. The number of halogens is 3. The van der Waals surface area contributed by atoms with Crippen LogP contribution in [-0.4, -0.2) is 30.1 Å². The number of hydrogen-bond acceptors (Lipinski definition) is 3. The second-order valence-corrected chi connectivity index (χ2v) is 6.89. The van der Waals surface area contributed by atoms with Crippen molar-refractivity contribution in [1.82, 2.24) is 4.90 Å². The molecule has 134 valence electrons. The minimum atomic E-state index is -0.275. The van der Waals surface area contributed by atoms with Gasteiger partial charge in [-0.2, -0.15) is 0 Å². The number of hydrogen-bond donors (Lipinski definition) is 0. The van der Waals surface area contributed by atoms with E-state index in [9.17, 15) is 4.79 Å². The van der Waals surface area contributed by atoms with Crippen molar-refractivity contribution in [2.75, 3.05) is 13.1 Å². The molecule has 0 aliphatic carbocycles. The van der Waals surface area contributed by atoms with Crippen molar-refractivity contribution in [3.63, 3.8) is 0 Å². The van der Waals surface area contributed by atoms with Gasteiger partial charge in [-0.3, -0.25) is 4.90 Å². The molecule has 0 atom stereocenters. The lowest BCUT2D eigenvalue weighted by molar-refractivity contribution is 0.0104. The predicted molar refractivity (Wildman–Crippen MR) is 104 cm³/mol. The molecular weight excluding hydrogens is 381 g/mol. The van der Waals surface area contributed by atoms with Gasteiger partial charge in [-0.15, -0.1) is 12.4 Å². The fourth-order valence-corrected chi connectivity index (χ4v) is 3.09. The molecule has 2 aromatic rings. The van der Waals surface area contributed by atoms with Gasteiger partial charge >= 0.3 is 5.97 Å². The zero-order chi connectivity index (χ0) is 16.9. The number of esters is 1. The molecule has 0 unspecified atom stereocenters. The van der Waals surface area contributed by atoms with E-state index in [4.69, 9.17) is 27.9 Å². The number of rotatable bonds is 4. The van der Waals surface area contributed by atoms with E-state index < -0.39 is 0 Å². The average molecular weight is 401 g/mol. The Morgan fingerprint density at radius 1 is 0.960 bits per heavy atom. The van der Waals surface area contributed by atoms with Crippen molar-refractivity contribution >= 4 is 41.6 Å². The van der Waals surface area contributed by atoms with Crippen molar-refractivity contribution in [3.8, 4) is 0 Å². The SMILES string of the molecule is Cl.O=C(OC1CCN(Cc2ccc(Cl)cc2)CC1)c1ccc(Cl)cc1. The van der Waals surface area contributed by atoms with Crippen molar-refractivity contribution in [3.05, 3.63) is 69.7 Å². The Balaban J connectivity index is 0.00000225. The number of ether oxygens (including phenoxy) is 1. The summed E-state index contributed by atoms with van der Waals surface area (Å²) in [5.41, 5.74) is 1.79. The molecule has 25 heavy (non-hydrogen) atoms. The highest BCUT2D eigenvalue weighted by Crippen LogP contribution is 2.19. The van der Waals surface area contributed by atoms with Crippen LogP contribution in [0.4, 0.5) is 0 Å². The minimum Gasteiger partial charge on any atom is -0.459 e. The van der Waals surface area contributed by atoms with Crippen molar-refractivity contribution in [2.45, 2.75) is 25.5 Å². The minimum absolute atomic E-state index is 0. The second-order valence-electron chi connectivity index (χ2n) is 6.01. The van der Waals surface area contributed by atoms with Crippen LogP contribution < -0.4 is 0 Å². The zero-order valence-electron chi connectivity index (χ0n) is 13.7. The summed E-state index contributed by atoms with van der Waals surface area (Å²) in [7, 11) is 0. The molecule has 2 aromatic carbocycles. The number of piperidine rings is 1. The molecule has 3 rings (SSSR count). The third-order valence-corrected chi connectivity index (χ3v) is 4.71. The van der Waals surface area contributed by atoms with E-state index in [0.29, 0.717) is 10.6 Å². The van der Waals surface area contributed by atoms with Crippen LogP contribution in [0.25, 0.3) is 0 Å². The molecule has 1 saturated heterocycles. The first-order valence-corrected chi connectivity index (χ1v) is 8.79. The molecule has 0 N–H and O–H groups in total. The highest BCUT2D eigenvalue weighted by atomic mass is 35.5. The summed E-state index contributed by atoms with van der Waals surface area (Å²) >= 11 is 11.7. The monoisotopic (exact) mass is 399 g/mol. The van der Waals surface area contributed by atoms with E-state index in [1.54, 1.807) is 24.3 Å². The summed E-state index contributed by atoms with van der Waals surface area (Å²) in [5.74, 6) is -0.275. The first-order chi connectivity index (χ1) is 11.6. The lowest BCUT2D eigenvalue weighted by Gasteiger charge is -2.31. The molecule has 3 nitrogen and oxygen atoms in total. The molecule has 0 bridgehead atoms. The molecule has 1 fully saturated rings. The summed E-state index contributed by atoms with van der Waals surface area (Å²) in [4.78, 5) is 14.5. The number of carbonyl (C=O) groups excluding carboxylic acids is 1. The van der Waals surface area contributed by atoms with E-state index in [0.717, 1.165) is 37.5 Å². The maximum absolute atomic E-state index is 12.1. The van der Waals surface area contributed by atoms with E-state index in [-0.39, 0.29) is 24.5 Å². The van der Waals surface area contributed by atoms with Gasteiger partial charge in [-0.1, -0.05) is 35.3 Å². The highest BCUT2D eigenvalue weighted by Gasteiger charge is 2.22. The van der Waals surface area contributed by atoms with Gasteiger partial charge in [0.05, 0.1) is 5.56 Å². The Morgan fingerprint density at radius 3 is 2.04 bits per heavy atom. The topological polar surface area (TPSA) is 29.5 Å². The normalized spacial score (nSPS) is 15.4. The fraction of sp³-hybridized carbons (Fsp3) is 0.316. The van der Waals surface area contributed by atoms with E-state index in [2.05, 4.69) is 17.0 Å². The quantitative estimate of drug-likeness (QED) is 0.658. The van der Waals surface area contributed by atoms with Gasteiger partial charge in [0.1, 0.15) is 6.10 Å². The first kappa shape index (κ1) is 20.1. The van der Waals surface area contributed by atoms with Gasteiger partial charge in [-0.25, -0.2) is 4.79 Å². The molecule has 6 heteroatoms. The molecule has 0 saturated carbocycles. The molecule has 0 spiro atoms. The van der Waals surface area contributed by atoms with Gasteiger partial charge in [0.2, 0.25) is 0 Å². The molecule has 0 aromatic heterocycles. The van der Waals surface area contributed by atoms with Crippen molar-refractivity contribution < 1.29 is 9.53 Å². The summed E-state index contributed by atoms with van der Waals surface area (Å²) in [6.07, 6.45) is 1.69. The maximum Gasteiger partial charge on any atom is 0.338 e. The molecular formula is C19H20Cl3NO2. The lowest BCUT2D eigenvalue weighted by atomic mass is 10.1. The van der Waals surface area contributed by atoms with Crippen LogP contribution in [0, 0.1) is 0 Å². The Kier molecular flexibility index (Phi) is 7.57. The summed E-state index contributed by atoms with van der Waals surface area (Å²) in [5, 5.41) is 1.37. The largest absolute Gasteiger partial charge is 0.459 e. The summed E-state index contributed by atoms with van der Waals surface area (Å²) in [6.45, 7) is 2.73. The number of nitrogens with zero attached hydrogens (tertiary/aromatic N) is 1. The third-order valence-electron chi connectivity index (χ3n) is 4.21. The predicted octanol–water partition coefficient (Wildman–Crippen LogP) is 5.24. The van der Waals surface area contributed by atoms with Gasteiger partial charge in [0, 0.05) is 29.7 Å². The standard InChI is InChI=1S/C19H19Cl2NO2.ClH/c20-16-5-1-14(2-6-16)13-22-11-9-18(10-12-22)24-19(23)15-3-7-17(21)8-4-15;/h1-8,18H,9-13H2;1H. The Labute approximate surface area is 164 Å². The molecule has 1 aliphatic heterocycles. The molecule has 1 heterocycles. The summed E-state index contributed by atoms with van der Waals surface area (Å²) < 4.78 is 5.61. The second kappa shape index (κ2) is 9.44. The fourth-order valence-electron chi connectivity index (χ4n) is 2.84. The maximum atomic E-state index is 12.1. The highest BCUT2D eigenvalue weighted by molar-refractivity contribution is 6.30. The van der Waals surface area contributed by atoms with Gasteiger partial charge in [0.15, 0.2) is 0 Å². The van der Waals surface area contributed by atoms with Crippen LogP contribution in [0.3, 0.4) is 0 Å². The smallest absolute Gasteiger partial charge is 0.338 e. The first-order valence-electron chi connectivity index (χ1n) is 8.03. The van der Waals surface area contributed by atoms with Crippen LogP contribution >= 0.6 is 35.6 Å². The van der Waals surface area contributed by atoms with Gasteiger partial charge < -0.3 is 4.74 Å². The Hall–Kier alpha value is -1.26. The molecule has 0 radical (unpaired) electrons. The lowest BCUT2D eigenvalue weighted by Crippen LogP contribution is -2.37. The van der Waals surface area contributed by atoms with Crippen LogP contribution in [0.5, 0.6) is 0 Å². The van der Waals surface area contributed by atoms with Crippen LogP contribution in [0.1, 0.15) is 28.8 Å². The van der Waals surface area contributed by atoms with Crippen LogP contribution in [-0.2, 0) is 11.3 Å². The Bertz CT molecular complexity index is 681. The molecule has 0 amide bonds. The number of likely N-dealkylation sites (tertiary alicyclic amines) is 1. The number of carbonyl (C=O) groups is 1. The third kappa shape index (κ3) is 5.89. The van der Waals surface area contributed by atoms with Crippen molar-refractivity contribution in [2.24, 2.45) is 0 Å². The van der Waals surface area contributed by atoms with Crippen LogP contribution in [0.2, 0.25) is 10.0 Å². The van der Waals surface area contributed by atoms with Gasteiger partial charge in [0.25, 0.3) is 0 Å². The van der Waals surface area contributed by atoms with E-state index >= 15 is 0 Å². The summed E-state index contributed by atoms with van der Waals surface area (Å²) in [6, 6.07) is 14.7. The van der Waals surface area contributed by atoms with Gasteiger partial charge in [-0.05, 0) is 54.8 Å². The van der Waals surface area contributed by atoms with E-state index in [1.165, 1.54) is 5.56 Å². The zero-order valence-corrected chi connectivity index (χ0v) is 16.0. The number of benzene rings is 2. The molecule has 1 aliphatic rings.